The maximum atomic E-state index is 13.0. The first-order valence-electron chi connectivity index (χ1n) is 9.22. The highest BCUT2D eigenvalue weighted by molar-refractivity contribution is 5.92. The lowest BCUT2D eigenvalue weighted by Crippen LogP contribution is -2.48. The molecule has 2 aromatic heterocycles. The fourth-order valence-electron chi connectivity index (χ4n) is 3.73. The molecule has 148 valence electrons. The van der Waals surface area contributed by atoms with E-state index in [9.17, 15) is 18.0 Å². The molecule has 4 rings (SSSR count). The number of alkyl halides is 3. The number of hydrogen-bond donors (Lipinski definition) is 0. The summed E-state index contributed by atoms with van der Waals surface area (Å²) in [6.45, 7) is 2.69. The lowest BCUT2D eigenvalue weighted by atomic mass is 10.0. The minimum absolute atomic E-state index is 0.118. The molecule has 3 atom stereocenters. The quantitative estimate of drug-likeness (QED) is 0.797. The van der Waals surface area contributed by atoms with E-state index in [-0.39, 0.29) is 24.4 Å². The van der Waals surface area contributed by atoms with Gasteiger partial charge in [0.1, 0.15) is 12.3 Å². The first kappa shape index (κ1) is 18.7. The number of likely N-dealkylation sites (tertiary alicyclic amines) is 1. The van der Waals surface area contributed by atoms with Gasteiger partial charge in [-0.25, -0.2) is 9.97 Å². The van der Waals surface area contributed by atoms with Crippen LogP contribution in [0.15, 0.2) is 36.5 Å². The number of piperidine rings is 1. The van der Waals surface area contributed by atoms with E-state index in [0.29, 0.717) is 24.1 Å². The molecule has 0 radical (unpaired) electrons. The number of fused-ring (bicyclic) bond motifs is 1. The highest BCUT2D eigenvalue weighted by Crippen LogP contribution is 2.47. The SMILES string of the molecule is Cc1cccc(C(=O)N2CC3CC3CC2COc2ccc(C(F)(F)F)cn2)n1. The number of carbonyl (C=O) groups is 1. The highest BCUT2D eigenvalue weighted by Gasteiger charge is 2.47. The predicted octanol–water partition coefficient (Wildman–Crippen LogP) is 3.73. The van der Waals surface area contributed by atoms with Gasteiger partial charge in [-0.3, -0.25) is 4.79 Å². The molecule has 2 aromatic rings. The van der Waals surface area contributed by atoms with Crippen LogP contribution in [0, 0.1) is 18.8 Å². The molecule has 1 amide bonds. The van der Waals surface area contributed by atoms with Crippen LogP contribution >= 0.6 is 0 Å². The van der Waals surface area contributed by atoms with Crippen molar-refractivity contribution in [3.63, 3.8) is 0 Å². The van der Waals surface area contributed by atoms with Crippen molar-refractivity contribution >= 4 is 5.91 Å². The summed E-state index contributed by atoms with van der Waals surface area (Å²) in [5.41, 5.74) is 0.353. The summed E-state index contributed by atoms with van der Waals surface area (Å²) < 4.78 is 43.6. The Balaban J connectivity index is 1.45. The zero-order chi connectivity index (χ0) is 19.9. The number of aromatic nitrogens is 2. The average Bonchev–Trinajstić information content (AvgIpc) is 3.43. The van der Waals surface area contributed by atoms with E-state index < -0.39 is 11.7 Å². The number of halogens is 3. The van der Waals surface area contributed by atoms with Crippen LogP contribution in [-0.2, 0) is 6.18 Å². The standard InChI is InChI=1S/C20H20F3N3O2/c1-12-3-2-4-17(25-12)19(27)26-10-14-7-13(14)8-16(26)11-28-18-6-5-15(9-24-18)20(21,22)23/h2-6,9,13-14,16H,7-8,10-11H2,1H3. The number of amides is 1. The minimum Gasteiger partial charge on any atom is -0.475 e. The third kappa shape index (κ3) is 3.95. The van der Waals surface area contributed by atoms with Crippen molar-refractivity contribution in [1.82, 2.24) is 14.9 Å². The summed E-state index contributed by atoms with van der Waals surface area (Å²) in [5, 5.41) is 0. The second-order valence-corrected chi connectivity index (χ2v) is 7.46. The van der Waals surface area contributed by atoms with Gasteiger partial charge in [-0.05, 0) is 49.8 Å². The molecule has 3 unspecified atom stereocenters. The van der Waals surface area contributed by atoms with Crippen LogP contribution in [0.25, 0.3) is 0 Å². The van der Waals surface area contributed by atoms with Gasteiger partial charge >= 0.3 is 6.18 Å². The Morgan fingerprint density at radius 2 is 2.04 bits per heavy atom. The van der Waals surface area contributed by atoms with Gasteiger partial charge in [0, 0.05) is 24.5 Å². The molecule has 0 bridgehead atoms. The van der Waals surface area contributed by atoms with Crippen molar-refractivity contribution < 1.29 is 22.7 Å². The molecule has 1 saturated heterocycles. The van der Waals surface area contributed by atoms with Crippen LogP contribution in [-0.4, -0.2) is 40.0 Å². The smallest absolute Gasteiger partial charge is 0.417 e. The normalized spacial score (nSPS) is 23.9. The summed E-state index contributed by atoms with van der Waals surface area (Å²) in [4.78, 5) is 22.8. The summed E-state index contributed by atoms with van der Waals surface area (Å²) in [6.07, 6.45) is -1.75. The third-order valence-corrected chi connectivity index (χ3v) is 5.37. The van der Waals surface area contributed by atoms with Crippen LogP contribution in [0.5, 0.6) is 5.88 Å². The molecular weight excluding hydrogens is 371 g/mol. The number of rotatable bonds is 4. The van der Waals surface area contributed by atoms with E-state index in [1.165, 1.54) is 6.07 Å². The Morgan fingerprint density at radius 1 is 1.21 bits per heavy atom. The Labute approximate surface area is 160 Å². The van der Waals surface area contributed by atoms with Gasteiger partial charge in [-0.15, -0.1) is 0 Å². The zero-order valence-corrected chi connectivity index (χ0v) is 15.3. The van der Waals surface area contributed by atoms with Gasteiger partial charge in [0.05, 0.1) is 11.6 Å². The summed E-state index contributed by atoms with van der Waals surface area (Å²) >= 11 is 0. The van der Waals surface area contributed by atoms with E-state index in [4.69, 9.17) is 4.74 Å². The van der Waals surface area contributed by atoms with Crippen molar-refractivity contribution in [3.8, 4) is 5.88 Å². The topological polar surface area (TPSA) is 55.3 Å². The number of hydrogen-bond acceptors (Lipinski definition) is 4. The molecular formula is C20H20F3N3O2. The Morgan fingerprint density at radius 3 is 2.71 bits per heavy atom. The molecule has 0 spiro atoms. The number of pyridine rings is 2. The Hall–Kier alpha value is -2.64. The molecule has 1 aliphatic carbocycles. The van der Waals surface area contributed by atoms with E-state index >= 15 is 0 Å². The molecule has 1 aliphatic heterocycles. The van der Waals surface area contributed by atoms with Gasteiger partial charge in [0.2, 0.25) is 5.88 Å². The molecule has 2 aliphatic rings. The van der Waals surface area contributed by atoms with E-state index in [1.807, 2.05) is 13.0 Å². The molecule has 2 fully saturated rings. The molecule has 0 N–H and O–H groups in total. The number of carbonyl (C=O) groups excluding carboxylic acids is 1. The van der Waals surface area contributed by atoms with Crippen LogP contribution in [0.1, 0.15) is 34.6 Å². The Bertz CT molecular complexity index is 870. The lowest BCUT2D eigenvalue weighted by molar-refractivity contribution is -0.137. The zero-order valence-electron chi connectivity index (χ0n) is 15.3. The van der Waals surface area contributed by atoms with Gasteiger partial charge in [0.15, 0.2) is 0 Å². The van der Waals surface area contributed by atoms with Gasteiger partial charge in [-0.2, -0.15) is 13.2 Å². The predicted molar refractivity (Wildman–Crippen MR) is 94.7 cm³/mol. The van der Waals surface area contributed by atoms with E-state index in [1.54, 1.807) is 17.0 Å². The highest BCUT2D eigenvalue weighted by atomic mass is 19.4. The summed E-state index contributed by atoms with van der Waals surface area (Å²) in [7, 11) is 0. The molecule has 28 heavy (non-hydrogen) atoms. The van der Waals surface area contributed by atoms with Crippen LogP contribution in [0.4, 0.5) is 13.2 Å². The fourth-order valence-corrected chi connectivity index (χ4v) is 3.73. The molecule has 5 nitrogen and oxygen atoms in total. The number of ether oxygens (including phenoxy) is 1. The lowest BCUT2D eigenvalue weighted by Gasteiger charge is -2.35. The molecule has 8 heteroatoms. The molecule has 1 saturated carbocycles. The third-order valence-electron chi connectivity index (χ3n) is 5.37. The van der Waals surface area contributed by atoms with Crippen LogP contribution < -0.4 is 4.74 Å². The van der Waals surface area contributed by atoms with Crippen LogP contribution in [0.3, 0.4) is 0 Å². The second-order valence-electron chi connectivity index (χ2n) is 7.46. The maximum absolute atomic E-state index is 13.0. The van der Waals surface area contributed by atoms with Gasteiger partial charge in [-0.1, -0.05) is 6.07 Å². The Kier molecular flexibility index (Phi) is 4.72. The van der Waals surface area contributed by atoms with Crippen molar-refractivity contribution in [2.45, 2.75) is 32.0 Å². The fraction of sp³-hybridized carbons (Fsp3) is 0.450. The largest absolute Gasteiger partial charge is 0.475 e. The molecule has 3 heterocycles. The van der Waals surface area contributed by atoms with E-state index in [0.717, 1.165) is 30.8 Å². The summed E-state index contributed by atoms with van der Waals surface area (Å²) in [5.74, 6) is 1.09. The van der Waals surface area contributed by atoms with Crippen molar-refractivity contribution in [2.24, 2.45) is 11.8 Å². The minimum atomic E-state index is -4.43. The monoisotopic (exact) mass is 391 g/mol. The van der Waals surface area contributed by atoms with Gasteiger partial charge in [0.25, 0.3) is 5.91 Å². The summed E-state index contributed by atoms with van der Waals surface area (Å²) in [6, 6.07) is 7.34. The van der Waals surface area contributed by atoms with E-state index in [2.05, 4.69) is 9.97 Å². The number of aryl methyl sites for hydroxylation is 1. The van der Waals surface area contributed by atoms with Crippen molar-refractivity contribution in [2.75, 3.05) is 13.2 Å². The van der Waals surface area contributed by atoms with Crippen molar-refractivity contribution in [1.29, 1.82) is 0 Å². The first-order chi connectivity index (χ1) is 13.3. The first-order valence-corrected chi connectivity index (χ1v) is 9.22. The van der Waals surface area contributed by atoms with Crippen LogP contribution in [0.2, 0.25) is 0 Å². The van der Waals surface area contributed by atoms with Crippen molar-refractivity contribution in [3.05, 3.63) is 53.5 Å². The number of nitrogens with zero attached hydrogens (tertiary/aromatic N) is 3. The maximum Gasteiger partial charge on any atom is 0.417 e. The van der Waals surface area contributed by atoms with Gasteiger partial charge < -0.3 is 9.64 Å². The second kappa shape index (κ2) is 7.07. The molecule has 0 aromatic carbocycles. The average molecular weight is 391 g/mol.